The Kier molecular flexibility index (Phi) is 3.54. The maximum absolute atomic E-state index is 11.8. The lowest BCUT2D eigenvalue weighted by atomic mass is 10.2. The van der Waals surface area contributed by atoms with Crippen LogP contribution < -0.4 is 5.32 Å². The Hall–Kier alpha value is -1.21. The van der Waals surface area contributed by atoms with Gasteiger partial charge in [0.05, 0.1) is 21.3 Å². The van der Waals surface area contributed by atoms with Crippen LogP contribution in [-0.2, 0) is 9.84 Å². The quantitative estimate of drug-likeness (QED) is 0.836. The highest BCUT2D eigenvalue weighted by molar-refractivity contribution is 7.91. The Bertz CT molecular complexity index is 588. The molecule has 0 saturated carbocycles. The van der Waals surface area contributed by atoms with Crippen LogP contribution in [0.15, 0.2) is 12.1 Å². The van der Waals surface area contributed by atoms with E-state index in [-0.39, 0.29) is 29.2 Å². The fourth-order valence-electron chi connectivity index (χ4n) is 1.81. The molecule has 1 atom stereocenters. The molecule has 0 aliphatic carbocycles. The molecule has 7 heteroatoms. The average Bonchev–Trinajstić information content (AvgIpc) is 2.85. The molecule has 0 bridgehead atoms. The fourth-order valence-corrected chi connectivity index (χ4v) is 4.29. The van der Waals surface area contributed by atoms with Crippen LogP contribution >= 0.6 is 11.3 Å². The molecule has 1 unspecified atom stereocenters. The van der Waals surface area contributed by atoms with Crippen LogP contribution in [0.4, 0.5) is 0 Å². The van der Waals surface area contributed by atoms with Crippen molar-refractivity contribution >= 4 is 32.9 Å². The maximum atomic E-state index is 11.8. The van der Waals surface area contributed by atoms with Crippen molar-refractivity contribution in [3.63, 3.8) is 0 Å². The number of nitrogens with one attached hydrogen (secondary N) is 1. The molecular formula is C11H13NO4S2. The predicted octanol–water partition coefficient (Wildman–Crippen LogP) is 0.868. The lowest BCUT2D eigenvalue weighted by Gasteiger charge is -2.09. The van der Waals surface area contributed by atoms with Gasteiger partial charge in [0.2, 0.25) is 0 Å². The molecule has 2 rings (SSSR count). The lowest BCUT2D eigenvalue weighted by molar-refractivity contribution is 0.0944. The molecule has 1 aliphatic heterocycles. The number of rotatable bonds is 3. The Labute approximate surface area is 109 Å². The SMILES string of the molecule is CC(=O)c1ccc(C(=O)NC2CCS(=O)(=O)C2)s1. The van der Waals surface area contributed by atoms with Crippen LogP contribution in [0.2, 0.25) is 0 Å². The molecule has 5 nitrogen and oxygen atoms in total. The second-order valence-electron chi connectivity index (χ2n) is 4.29. The molecule has 18 heavy (non-hydrogen) atoms. The largest absolute Gasteiger partial charge is 0.348 e. The zero-order valence-corrected chi connectivity index (χ0v) is 11.4. The van der Waals surface area contributed by atoms with Crippen molar-refractivity contribution in [2.24, 2.45) is 0 Å². The molecule has 1 aromatic rings. The van der Waals surface area contributed by atoms with Crippen LogP contribution in [0, 0.1) is 0 Å². The fraction of sp³-hybridized carbons (Fsp3) is 0.455. The molecule has 1 fully saturated rings. The summed E-state index contributed by atoms with van der Waals surface area (Å²) in [5.41, 5.74) is 0. The average molecular weight is 287 g/mol. The zero-order valence-electron chi connectivity index (χ0n) is 9.80. The third-order valence-corrected chi connectivity index (χ3v) is 5.70. The van der Waals surface area contributed by atoms with E-state index in [9.17, 15) is 18.0 Å². The van der Waals surface area contributed by atoms with E-state index >= 15 is 0 Å². The number of hydrogen-bond donors (Lipinski definition) is 1. The summed E-state index contributed by atoms with van der Waals surface area (Å²) in [6, 6.07) is 2.87. The van der Waals surface area contributed by atoms with Crippen molar-refractivity contribution in [2.75, 3.05) is 11.5 Å². The van der Waals surface area contributed by atoms with Crippen LogP contribution in [-0.4, -0.2) is 37.7 Å². The summed E-state index contributed by atoms with van der Waals surface area (Å²) in [6.45, 7) is 1.44. The number of sulfone groups is 1. The van der Waals surface area contributed by atoms with Gasteiger partial charge in [0.15, 0.2) is 15.6 Å². The summed E-state index contributed by atoms with van der Waals surface area (Å²) in [6.07, 6.45) is 0.457. The summed E-state index contributed by atoms with van der Waals surface area (Å²) >= 11 is 1.12. The minimum Gasteiger partial charge on any atom is -0.348 e. The Morgan fingerprint density at radius 3 is 2.50 bits per heavy atom. The lowest BCUT2D eigenvalue weighted by Crippen LogP contribution is -2.35. The van der Waals surface area contributed by atoms with Gasteiger partial charge in [-0.25, -0.2) is 8.42 Å². The van der Waals surface area contributed by atoms with Gasteiger partial charge in [-0.15, -0.1) is 11.3 Å². The van der Waals surface area contributed by atoms with E-state index in [1.165, 1.54) is 6.92 Å². The van der Waals surface area contributed by atoms with Crippen molar-refractivity contribution in [2.45, 2.75) is 19.4 Å². The van der Waals surface area contributed by atoms with E-state index in [0.29, 0.717) is 16.2 Å². The summed E-state index contributed by atoms with van der Waals surface area (Å²) in [5, 5.41) is 2.68. The minimum absolute atomic E-state index is 0.00365. The van der Waals surface area contributed by atoms with Crippen LogP contribution in [0.25, 0.3) is 0 Å². The second kappa shape index (κ2) is 4.81. The third-order valence-electron chi connectivity index (χ3n) is 2.74. The van der Waals surface area contributed by atoms with Gasteiger partial charge in [-0.3, -0.25) is 9.59 Å². The number of ketones is 1. The molecule has 0 spiro atoms. The van der Waals surface area contributed by atoms with E-state index in [2.05, 4.69) is 5.32 Å². The molecule has 1 aliphatic rings. The highest BCUT2D eigenvalue weighted by atomic mass is 32.2. The molecule has 1 saturated heterocycles. The topological polar surface area (TPSA) is 80.3 Å². The van der Waals surface area contributed by atoms with Gasteiger partial charge < -0.3 is 5.32 Å². The first-order valence-corrected chi connectivity index (χ1v) is 8.13. The van der Waals surface area contributed by atoms with Crippen molar-refractivity contribution in [3.05, 3.63) is 21.9 Å². The number of carbonyl (C=O) groups is 2. The first kappa shape index (κ1) is 13.2. The van der Waals surface area contributed by atoms with Crippen LogP contribution in [0.3, 0.4) is 0 Å². The van der Waals surface area contributed by atoms with Gasteiger partial charge in [-0.1, -0.05) is 0 Å². The van der Waals surface area contributed by atoms with Crippen LogP contribution in [0.1, 0.15) is 32.7 Å². The van der Waals surface area contributed by atoms with Gasteiger partial charge in [0.25, 0.3) is 5.91 Å². The first-order valence-electron chi connectivity index (χ1n) is 5.49. The smallest absolute Gasteiger partial charge is 0.261 e. The van der Waals surface area contributed by atoms with Crippen molar-refractivity contribution < 1.29 is 18.0 Å². The standard InChI is InChI=1S/C11H13NO4S2/c1-7(13)9-2-3-10(17-9)11(14)12-8-4-5-18(15,16)6-8/h2-3,8H,4-6H2,1H3,(H,12,14). The predicted molar refractivity (Wildman–Crippen MR) is 68.8 cm³/mol. The van der Waals surface area contributed by atoms with Crippen molar-refractivity contribution in [1.82, 2.24) is 5.32 Å². The number of Topliss-reactive ketones (excluding diaryl/α,β-unsaturated/α-hetero) is 1. The molecule has 2 heterocycles. The Morgan fingerprint density at radius 2 is 2.00 bits per heavy atom. The minimum atomic E-state index is -3.00. The van der Waals surface area contributed by atoms with Gasteiger partial charge >= 0.3 is 0 Å². The zero-order chi connectivity index (χ0) is 13.3. The molecule has 98 valence electrons. The summed E-state index contributed by atoms with van der Waals surface area (Å²) in [5.74, 6) is -0.262. The summed E-state index contributed by atoms with van der Waals surface area (Å²) in [7, 11) is -3.00. The van der Waals surface area contributed by atoms with E-state index in [4.69, 9.17) is 0 Å². The van der Waals surface area contributed by atoms with Gasteiger partial charge in [0.1, 0.15) is 0 Å². The highest BCUT2D eigenvalue weighted by Crippen LogP contribution is 2.18. The maximum Gasteiger partial charge on any atom is 0.261 e. The normalized spacial score (nSPS) is 21.7. The second-order valence-corrected chi connectivity index (χ2v) is 7.61. The van der Waals surface area contributed by atoms with E-state index in [1.807, 2.05) is 0 Å². The number of hydrogen-bond acceptors (Lipinski definition) is 5. The first-order chi connectivity index (χ1) is 8.37. The molecule has 0 radical (unpaired) electrons. The van der Waals surface area contributed by atoms with Gasteiger partial charge in [-0.05, 0) is 25.5 Å². The van der Waals surface area contributed by atoms with E-state index in [0.717, 1.165) is 11.3 Å². The van der Waals surface area contributed by atoms with Crippen molar-refractivity contribution in [1.29, 1.82) is 0 Å². The molecule has 1 amide bonds. The highest BCUT2D eigenvalue weighted by Gasteiger charge is 2.29. The Morgan fingerprint density at radius 1 is 1.33 bits per heavy atom. The number of amides is 1. The monoisotopic (exact) mass is 287 g/mol. The molecule has 0 aromatic carbocycles. The Balaban J connectivity index is 2.02. The van der Waals surface area contributed by atoms with E-state index in [1.54, 1.807) is 12.1 Å². The van der Waals surface area contributed by atoms with Crippen LogP contribution in [0.5, 0.6) is 0 Å². The number of carbonyl (C=O) groups excluding carboxylic acids is 2. The van der Waals surface area contributed by atoms with Crippen molar-refractivity contribution in [3.8, 4) is 0 Å². The van der Waals surface area contributed by atoms with Gasteiger partial charge in [0, 0.05) is 6.04 Å². The van der Waals surface area contributed by atoms with Gasteiger partial charge in [-0.2, -0.15) is 0 Å². The summed E-state index contributed by atoms with van der Waals surface area (Å²) < 4.78 is 22.5. The molecule has 1 N–H and O–H groups in total. The van der Waals surface area contributed by atoms with E-state index < -0.39 is 9.84 Å². The third kappa shape index (κ3) is 2.97. The molecule has 1 aromatic heterocycles. The summed E-state index contributed by atoms with van der Waals surface area (Å²) in [4.78, 5) is 23.9. The number of thiophene rings is 1. The molecular weight excluding hydrogens is 274 g/mol.